The molecule has 1 heterocycles. The zero-order valence-corrected chi connectivity index (χ0v) is 14.6. The molecular weight excluding hydrogens is 282 g/mol. The lowest BCUT2D eigenvalue weighted by Gasteiger charge is -2.43. The van der Waals surface area contributed by atoms with Gasteiger partial charge in [0.1, 0.15) is 5.52 Å². The van der Waals surface area contributed by atoms with Gasteiger partial charge < -0.3 is 0 Å². The Morgan fingerprint density at radius 1 is 0.957 bits per heavy atom. The number of H-pyrrole nitrogens is 1. The highest BCUT2D eigenvalue weighted by molar-refractivity contribution is 5.93. The molecule has 0 aliphatic carbocycles. The fraction of sp³-hybridized carbons (Fsp3) is 0.400. The summed E-state index contributed by atoms with van der Waals surface area (Å²) in [6.45, 7) is 11.6. The minimum atomic E-state index is 0.0140. The van der Waals surface area contributed by atoms with Gasteiger partial charge in [0.15, 0.2) is 0 Å². The fourth-order valence-corrected chi connectivity index (χ4v) is 3.14. The first-order chi connectivity index (χ1) is 10.9. The Morgan fingerprint density at radius 2 is 1.65 bits per heavy atom. The van der Waals surface area contributed by atoms with Crippen LogP contribution in [0.2, 0.25) is 0 Å². The second kappa shape index (κ2) is 5.48. The first-order valence-electron chi connectivity index (χ1n) is 8.28. The normalized spacial score (nSPS) is 12.7. The number of rotatable bonds is 4. The van der Waals surface area contributed by atoms with Crippen molar-refractivity contribution >= 4 is 11.0 Å². The van der Waals surface area contributed by atoms with E-state index in [4.69, 9.17) is 0 Å². The molecule has 3 nitrogen and oxygen atoms in total. The molecule has 1 N–H and O–H groups in total. The van der Waals surface area contributed by atoms with E-state index in [0.29, 0.717) is 0 Å². The summed E-state index contributed by atoms with van der Waals surface area (Å²) in [6, 6.07) is 14.9. The Bertz CT molecular complexity index is 813. The topological polar surface area (TPSA) is 41.6 Å². The molecule has 0 bridgehead atoms. The van der Waals surface area contributed by atoms with Crippen LogP contribution in [0, 0.1) is 5.41 Å². The third kappa shape index (κ3) is 2.44. The van der Waals surface area contributed by atoms with E-state index in [0.717, 1.165) is 17.5 Å². The maximum atomic E-state index is 4.37. The second-order valence-corrected chi connectivity index (χ2v) is 7.42. The minimum absolute atomic E-state index is 0.0140. The molecule has 0 fully saturated rings. The summed E-state index contributed by atoms with van der Waals surface area (Å²) in [5.41, 5.74) is 5.85. The zero-order valence-electron chi connectivity index (χ0n) is 14.6. The molecule has 0 amide bonds. The van der Waals surface area contributed by atoms with E-state index < -0.39 is 0 Å². The SMILES string of the molecule is CCC(C)(C)C(C)(C)c1ccc2[nH]nnc2c1-c1ccccc1. The highest BCUT2D eigenvalue weighted by atomic mass is 15.3. The molecule has 2 aromatic carbocycles. The van der Waals surface area contributed by atoms with E-state index in [2.05, 4.69) is 86.4 Å². The van der Waals surface area contributed by atoms with Crippen molar-refractivity contribution in [2.24, 2.45) is 5.41 Å². The van der Waals surface area contributed by atoms with Crippen LogP contribution in [0.5, 0.6) is 0 Å². The average Bonchev–Trinajstić information content (AvgIpc) is 3.03. The van der Waals surface area contributed by atoms with E-state index in [9.17, 15) is 0 Å². The van der Waals surface area contributed by atoms with Crippen molar-refractivity contribution in [1.29, 1.82) is 0 Å². The van der Waals surface area contributed by atoms with Gasteiger partial charge in [-0.1, -0.05) is 82.7 Å². The largest absolute Gasteiger partial charge is 0.258 e. The van der Waals surface area contributed by atoms with E-state index in [1.165, 1.54) is 16.7 Å². The van der Waals surface area contributed by atoms with Crippen LogP contribution in [-0.2, 0) is 5.41 Å². The molecular formula is C20H25N3. The quantitative estimate of drug-likeness (QED) is 0.707. The number of nitrogens with one attached hydrogen (secondary N) is 1. The van der Waals surface area contributed by atoms with Crippen LogP contribution >= 0.6 is 0 Å². The summed E-state index contributed by atoms with van der Waals surface area (Å²) in [5, 5.41) is 11.4. The molecule has 0 radical (unpaired) electrons. The maximum absolute atomic E-state index is 4.37. The van der Waals surface area contributed by atoms with Crippen LogP contribution in [-0.4, -0.2) is 15.4 Å². The molecule has 0 aliphatic rings. The van der Waals surface area contributed by atoms with Crippen LogP contribution in [0.15, 0.2) is 42.5 Å². The summed E-state index contributed by atoms with van der Waals surface area (Å²) >= 11 is 0. The Labute approximate surface area is 138 Å². The number of benzene rings is 2. The molecule has 0 saturated heterocycles. The van der Waals surface area contributed by atoms with Gasteiger partial charge in [-0.25, -0.2) is 0 Å². The number of aromatic amines is 1. The third-order valence-corrected chi connectivity index (χ3v) is 5.81. The molecule has 3 rings (SSSR count). The molecule has 0 atom stereocenters. The van der Waals surface area contributed by atoms with Crippen molar-refractivity contribution in [2.45, 2.75) is 46.5 Å². The van der Waals surface area contributed by atoms with Gasteiger partial charge in [0, 0.05) is 5.56 Å². The van der Waals surface area contributed by atoms with E-state index in [-0.39, 0.29) is 10.8 Å². The molecule has 3 heteroatoms. The summed E-state index contributed by atoms with van der Waals surface area (Å²) in [6.07, 6.45) is 1.12. The number of nitrogens with zero attached hydrogens (tertiary/aromatic N) is 2. The first-order valence-corrected chi connectivity index (χ1v) is 8.28. The third-order valence-electron chi connectivity index (χ3n) is 5.81. The molecule has 0 spiro atoms. The van der Waals surface area contributed by atoms with E-state index in [1.807, 2.05) is 6.07 Å². The van der Waals surface area contributed by atoms with E-state index in [1.54, 1.807) is 0 Å². The van der Waals surface area contributed by atoms with Crippen molar-refractivity contribution in [1.82, 2.24) is 15.4 Å². The van der Waals surface area contributed by atoms with Crippen LogP contribution in [0.1, 0.15) is 46.6 Å². The summed E-state index contributed by atoms with van der Waals surface area (Å²) in [7, 11) is 0. The molecule has 23 heavy (non-hydrogen) atoms. The Kier molecular flexibility index (Phi) is 3.75. The Morgan fingerprint density at radius 3 is 2.30 bits per heavy atom. The highest BCUT2D eigenvalue weighted by Crippen LogP contribution is 2.48. The zero-order chi connectivity index (χ0) is 16.7. The van der Waals surface area contributed by atoms with Crippen LogP contribution in [0.25, 0.3) is 22.2 Å². The number of hydrogen-bond donors (Lipinski definition) is 1. The molecule has 1 aromatic heterocycles. The van der Waals surface area contributed by atoms with Gasteiger partial charge >= 0.3 is 0 Å². The Balaban J connectivity index is 2.34. The van der Waals surface area contributed by atoms with Crippen molar-refractivity contribution in [3.63, 3.8) is 0 Å². The molecule has 0 unspecified atom stereocenters. The van der Waals surface area contributed by atoms with Crippen LogP contribution in [0.4, 0.5) is 0 Å². The lowest BCUT2D eigenvalue weighted by molar-refractivity contribution is 0.190. The lowest BCUT2D eigenvalue weighted by atomic mass is 9.61. The standard InChI is InChI=1S/C20H25N3/c1-6-19(2,3)20(4,5)15-12-13-16-18(22-23-21-16)17(15)14-10-8-7-9-11-14/h7-13H,6H2,1-5H3,(H,21,22,23). The van der Waals surface area contributed by atoms with Gasteiger partial charge in [0.2, 0.25) is 0 Å². The fourth-order valence-electron chi connectivity index (χ4n) is 3.14. The summed E-state index contributed by atoms with van der Waals surface area (Å²) in [5.74, 6) is 0. The van der Waals surface area contributed by atoms with Gasteiger partial charge in [-0.3, -0.25) is 5.10 Å². The van der Waals surface area contributed by atoms with Crippen molar-refractivity contribution < 1.29 is 0 Å². The molecule has 3 aromatic rings. The van der Waals surface area contributed by atoms with Gasteiger partial charge in [0.25, 0.3) is 0 Å². The van der Waals surface area contributed by atoms with Gasteiger partial charge in [-0.15, -0.1) is 5.10 Å². The summed E-state index contributed by atoms with van der Waals surface area (Å²) < 4.78 is 0. The Hall–Kier alpha value is -2.16. The monoisotopic (exact) mass is 307 g/mol. The van der Waals surface area contributed by atoms with Crippen molar-refractivity contribution in [3.8, 4) is 11.1 Å². The highest BCUT2D eigenvalue weighted by Gasteiger charge is 2.39. The predicted octanol–water partition coefficient (Wildman–Crippen LogP) is 5.34. The van der Waals surface area contributed by atoms with Crippen molar-refractivity contribution in [2.75, 3.05) is 0 Å². The lowest BCUT2D eigenvalue weighted by Crippen LogP contribution is -2.36. The number of fused-ring (bicyclic) bond motifs is 1. The molecule has 0 saturated carbocycles. The minimum Gasteiger partial charge on any atom is -0.258 e. The number of hydrogen-bond acceptors (Lipinski definition) is 2. The van der Waals surface area contributed by atoms with Crippen molar-refractivity contribution in [3.05, 3.63) is 48.0 Å². The second-order valence-electron chi connectivity index (χ2n) is 7.42. The number of aromatic nitrogens is 3. The summed E-state index contributed by atoms with van der Waals surface area (Å²) in [4.78, 5) is 0. The van der Waals surface area contributed by atoms with Crippen LogP contribution in [0.3, 0.4) is 0 Å². The predicted molar refractivity (Wildman–Crippen MR) is 96.4 cm³/mol. The smallest absolute Gasteiger partial charge is 0.121 e. The van der Waals surface area contributed by atoms with E-state index >= 15 is 0 Å². The van der Waals surface area contributed by atoms with Gasteiger partial charge in [-0.2, -0.15) is 0 Å². The van der Waals surface area contributed by atoms with Gasteiger partial charge in [-0.05, 0) is 28.0 Å². The molecule has 0 aliphatic heterocycles. The molecule has 120 valence electrons. The first kappa shape index (κ1) is 15.7. The average molecular weight is 307 g/mol. The van der Waals surface area contributed by atoms with Gasteiger partial charge in [0.05, 0.1) is 5.52 Å². The van der Waals surface area contributed by atoms with Crippen LogP contribution < -0.4 is 0 Å². The maximum Gasteiger partial charge on any atom is 0.121 e.